The van der Waals surface area contributed by atoms with Crippen LogP contribution in [0.1, 0.15) is 18.4 Å². The predicted octanol–water partition coefficient (Wildman–Crippen LogP) is -0.286. The smallest absolute Gasteiger partial charge is 0.294 e. The van der Waals surface area contributed by atoms with Gasteiger partial charge in [0.15, 0.2) is 5.78 Å². The van der Waals surface area contributed by atoms with Crippen LogP contribution in [-0.4, -0.2) is 42.3 Å². The number of ketones is 2. The summed E-state index contributed by atoms with van der Waals surface area (Å²) in [4.78, 5) is 22.5. The molecule has 0 heterocycles. The van der Waals surface area contributed by atoms with E-state index in [2.05, 4.69) is 0 Å². The molecule has 7 nitrogen and oxygen atoms in total. The molecule has 0 amide bonds. The Morgan fingerprint density at radius 1 is 1.29 bits per heavy atom. The Bertz CT molecular complexity index is 625. The average molecular weight is 315 g/mol. The second kappa shape index (κ2) is 7.41. The summed E-state index contributed by atoms with van der Waals surface area (Å²) in [7, 11) is -4.31. The molecule has 0 bridgehead atoms. The minimum absolute atomic E-state index is 0.0244. The number of carbonyl (C=O) groups is 2. The van der Waals surface area contributed by atoms with Crippen LogP contribution < -0.4 is 5.73 Å². The van der Waals surface area contributed by atoms with Crippen molar-refractivity contribution >= 4 is 21.7 Å². The van der Waals surface area contributed by atoms with Crippen molar-refractivity contribution in [2.24, 2.45) is 5.73 Å². The number of rotatable bonds is 8. The molecule has 4 N–H and O–H groups in total. The Morgan fingerprint density at radius 2 is 1.95 bits per heavy atom. The molecule has 8 heteroatoms. The van der Waals surface area contributed by atoms with Gasteiger partial charge in [0.25, 0.3) is 10.1 Å². The maximum absolute atomic E-state index is 11.7. The van der Waals surface area contributed by atoms with Gasteiger partial charge in [-0.15, -0.1) is 0 Å². The molecule has 0 saturated heterocycles. The van der Waals surface area contributed by atoms with E-state index in [1.54, 1.807) is 6.07 Å². The maximum Gasteiger partial charge on any atom is 0.294 e. The molecule has 21 heavy (non-hydrogen) atoms. The highest BCUT2D eigenvalue weighted by atomic mass is 32.2. The Labute approximate surface area is 122 Å². The lowest BCUT2D eigenvalue weighted by molar-refractivity contribution is -0.123. The third-order valence-electron chi connectivity index (χ3n) is 2.90. The van der Waals surface area contributed by atoms with E-state index in [9.17, 15) is 18.0 Å². The van der Waals surface area contributed by atoms with Gasteiger partial charge in [-0.3, -0.25) is 14.1 Å². The molecule has 0 aliphatic heterocycles. The van der Waals surface area contributed by atoms with Crippen LogP contribution in [-0.2, 0) is 26.1 Å². The number of hydrogen-bond donors (Lipinski definition) is 3. The molecule has 1 atom stereocenters. The average Bonchev–Trinajstić information content (AvgIpc) is 2.43. The van der Waals surface area contributed by atoms with Gasteiger partial charge in [-0.2, -0.15) is 8.42 Å². The fraction of sp³-hybridized carbons (Fsp3) is 0.385. The van der Waals surface area contributed by atoms with Gasteiger partial charge in [-0.25, -0.2) is 0 Å². The molecule has 0 aliphatic carbocycles. The number of nitrogens with two attached hydrogens (primary N) is 1. The van der Waals surface area contributed by atoms with E-state index >= 15 is 0 Å². The number of aliphatic hydroxyl groups excluding tert-OH is 1. The Hall–Kier alpha value is -1.61. The summed E-state index contributed by atoms with van der Waals surface area (Å²) in [5, 5.41) is 8.62. The third-order valence-corrected chi connectivity index (χ3v) is 3.75. The monoisotopic (exact) mass is 315 g/mol. The van der Waals surface area contributed by atoms with E-state index in [0.717, 1.165) is 0 Å². The van der Waals surface area contributed by atoms with Crippen LogP contribution in [0.4, 0.5) is 0 Å². The molecule has 0 saturated carbocycles. The second-order valence-corrected chi connectivity index (χ2v) is 6.03. The number of Topliss-reactive ketones (excluding diaryl/α,β-unsaturated/α-hetero) is 2. The minimum Gasteiger partial charge on any atom is -0.389 e. The van der Waals surface area contributed by atoms with Gasteiger partial charge in [-0.05, 0) is 24.1 Å². The Morgan fingerprint density at radius 3 is 2.52 bits per heavy atom. The molecule has 1 aromatic carbocycles. The van der Waals surface area contributed by atoms with Crippen LogP contribution in [0, 0.1) is 0 Å². The number of carbonyl (C=O) groups excluding carboxylic acids is 2. The zero-order valence-corrected chi connectivity index (χ0v) is 12.0. The first-order valence-corrected chi connectivity index (χ1v) is 7.65. The lowest BCUT2D eigenvalue weighted by atomic mass is 10.0. The van der Waals surface area contributed by atoms with Gasteiger partial charge in [-0.1, -0.05) is 12.1 Å². The Balaban J connectivity index is 2.62. The molecule has 116 valence electrons. The van der Waals surface area contributed by atoms with Crippen LogP contribution in [0.2, 0.25) is 0 Å². The molecular formula is C13H17NO6S. The summed E-state index contributed by atoms with van der Waals surface area (Å²) in [5.74, 6) is -0.750. The lowest BCUT2D eigenvalue weighted by Crippen LogP contribution is -2.33. The van der Waals surface area contributed by atoms with Crippen molar-refractivity contribution < 1.29 is 27.7 Å². The van der Waals surface area contributed by atoms with E-state index in [4.69, 9.17) is 15.4 Å². The summed E-state index contributed by atoms with van der Waals surface area (Å²) >= 11 is 0. The van der Waals surface area contributed by atoms with Crippen molar-refractivity contribution in [3.05, 3.63) is 29.8 Å². The van der Waals surface area contributed by atoms with Gasteiger partial charge in [0.2, 0.25) is 0 Å². The van der Waals surface area contributed by atoms with Gasteiger partial charge >= 0.3 is 0 Å². The molecular weight excluding hydrogens is 298 g/mol. The highest BCUT2D eigenvalue weighted by Gasteiger charge is 2.15. The zero-order valence-electron chi connectivity index (χ0n) is 11.2. The maximum atomic E-state index is 11.7. The molecule has 0 unspecified atom stereocenters. The SMILES string of the molecule is N[C@@H](CCC(=O)Cc1cccc(S(=O)(=O)O)c1)C(=O)CO. The fourth-order valence-corrected chi connectivity index (χ4v) is 2.28. The van der Waals surface area contributed by atoms with Crippen molar-refractivity contribution in [3.63, 3.8) is 0 Å². The summed E-state index contributed by atoms with van der Waals surface area (Å²) in [6.45, 7) is -0.661. The van der Waals surface area contributed by atoms with Crippen molar-refractivity contribution in [1.29, 1.82) is 0 Å². The number of hydrogen-bond acceptors (Lipinski definition) is 6. The number of aliphatic hydroxyl groups is 1. The molecule has 0 aliphatic rings. The summed E-state index contributed by atoms with van der Waals surface area (Å²) in [6.07, 6.45) is 0.141. The fourth-order valence-electron chi connectivity index (χ4n) is 1.73. The number of benzene rings is 1. The van der Waals surface area contributed by atoms with Crippen molar-refractivity contribution in [2.45, 2.75) is 30.2 Å². The molecule has 0 spiro atoms. The second-order valence-electron chi connectivity index (χ2n) is 4.61. The first-order valence-electron chi connectivity index (χ1n) is 6.21. The summed E-state index contributed by atoms with van der Waals surface area (Å²) in [6, 6.07) is 4.53. The quantitative estimate of drug-likeness (QED) is 0.561. The molecule has 1 aromatic rings. The Kier molecular flexibility index (Phi) is 6.16. The van der Waals surface area contributed by atoms with Gasteiger partial charge in [0.05, 0.1) is 10.9 Å². The van der Waals surface area contributed by atoms with Crippen molar-refractivity contribution in [3.8, 4) is 0 Å². The molecule has 0 fully saturated rings. The summed E-state index contributed by atoms with van der Waals surface area (Å²) in [5.41, 5.74) is 5.92. The first-order chi connectivity index (χ1) is 9.74. The lowest BCUT2D eigenvalue weighted by Gasteiger charge is -2.08. The largest absolute Gasteiger partial charge is 0.389 e. The van der Waals surface area contributed by atoms with Crippen LogP contribution in [0.25, 0.3) is 0 Å². The molecule has 1 rings (SSSR count). The first kappa shape index (κ1) is 17.4. The van der Waals surface area contributed by atoms with E-state index in [1.165, 1.54) is 18.2 Å². The van der Waals surface area contributed by atoms with Crippen molar-refractivity contribution in [2.75, 3.05) is 6.61 Å². The minimum atomic E-state index is -4.31. The van der Waals surface area contributed by atoms with Crippen LogP contribution in [0.3, 0.4) is 0 Å². The van der Waals surface area contributed by atoms with Gasteiger partial charge in [0, 0.05) is 12.8 Å². The third kappa shape index (κ3) is 5.72. The highest BCUT2D eigenvalue weighted by molar-refractivity contribution is 7.85. The normalized spacial score (nSPS) is 12.9. The summed E-state index contributed by atoms with van der Waals surface area (Å²) < 4.78 is 30.9. The standard InChI is InChI=1S/C13H17NO6S/c14-12(13(17)8-15)5-4-10(16)6-9-2-1-3-11(7-9)21(18,19)20/h1-3,7,12,15H,4-6,8,14H2,(H,18,19,20)/t12-/m0/s1. The van der Waals surface area contributed by atoms with E-state index in [-0.39, 0.29) is 29.9 Å². The van der Waals surface area contributed by atoms with Crippen LogP contribution in [0.5, 0.6) is 0 Å². The molecule has 0 radical (unpaired) electrons. The highest BCUT2D eigenvalue weighted by Crippen LogP contribution is 2.12. The topological polar surface area (TPSA) is 135 Å². The molecule has 0 aromatic heterocycles. The predicted molar refractivity (Wildman–Crippen MR) is 74.3 cm³/mol. The van der Waals surface area contributed by atoms with E-state index < -0.39 is 28.6 Å². The zero-order chi connectivity index (χ0) is 16.0. The van der Waals surface area contributed by atoms with Crippen LogP contribution in [0.15, 0.2) is 29.2 Å². The van der Waals surface area contributed by atoms with Crippen molar-refractivity contribution in [1.82, 2.24) is 0 Å². The van der Waals surface area contributed by atoms with Gasteiger partial charge in [0.1, 0.15) is 12.4 Å². The van der Waals surface area contributed by atoms with E-state index in [1.807, 2.05) is 0 Å². The van der Waals surface area contributed by atoms with Gasteiger partial charge < -0.3 is 10.8 Å². The van der Waals surface area contributed by atoms with E-state index in [0.29, 0.717) is 5.56 Å². The van der Waals surface area contributed by atoms with Crippen LogP contribution >= 0.6 is 0 Å².